The first-order valence-corrected chi connectivity index (χ1v) is 12.3. The van der Waals surface area contributed by atoms with Gasteiger partial charge in [-0.3, -0.25) is 9.59 Å². The van der Waals surface area contributed by atoms with Gasteiger partial charge in [0.25, 0.3) is 5.91 Å². The number of aromatic hydroxyl groups is 2. The fourth-order valence-corrected chi connectivity index (χ4v) is 4.25. The molecule has 4 rings (SSSR count). The summed E-state index contributed by atoms with van der Waals surface area (Å²) in [5.41, 5.74) is -0.288. The number of hydrogen-bond donors (Lipinski definition) is 6. The topological polar surface area (TPSA) is 205 Å². The predicted molar refractivity (Wildman–Crippen MR) is 137 cm³/mol. The van der Waals surface area contributed by atoms with Gasteiger partial charge in [-0.2, -0.15) is 0 Å². The molecular formula is C27H29NO12. The Morgan fingerprint density at radius 1 is 0.975 bits per heavy atom. The molecule has 13 nitrogen and oxygen atoms in total. The second kappa shape index (κ2) is 11.5. The maximum atomic E-state index is 12.9. The molecule has 0 radical (unpaired) electrons. The molecule has 40 heavy (non-hydrogen) atoms. The number of aliphatic hydroxyl groups excluding tert-OH is 3. The lowest BCUT2D eigenvalue weighted by Crippen LogP contribution is -2.64. The van der Waals surface area contributed by atoms with Gasteiger partial charge >= 0.3 is 5.97 Å². The average molecular weight is 560 g/mol. The van der Waals surface area contributed by atoms with Crippen LogP contribution in [0.3, 0.4) is 0 Å². The van der Waals surface area contributed by atoms with Gasteiger partial charge in [0.1, 0.15) is 41.1 Å². The van der Waals surface area contributed by atoms with Crippen LogP contribution in [0.2, 0.25) is 0 Å². The van der Waals surface area contributed by atoms with E-state index in [2.05, 4.69) is 10.1 Å². The molecule has 0 spiro atoms. The third-order valence-electron chi connectivity index (χ3n) is 6.48. The van der Waals surface area contributed by atoms with Gasteiger partial charge in [0.15, 0.2) is 23.0 Å². The zero-order valence-electron chi connectivity index (χ0n) is 21.7. The van der Waals surface area contributed by atoms with Crippen molar-refractivity contribution in [1.29, 1.82) is 0 Å². The van der Waals surface area contributed by atoms with Crippen molar-refractivity contribution in [3.8, 4) is 28.6 Å². The van der Waals surface area contributed by atoms with E-state index in [4.69, 9.17) is 13.9 Å². The van der Waals surface area contributed by atoms with Crippen molar-refractivity contribution in [2.24, 2.45) is 5.92 Å². The Morgan fingerprint density at radius 2 is 1.65 bits per heavy atom. The third kappa shape index (κ3) is 5.45. The van der Waals surface area contributed by atoms with E-state index in [1.165, 1.54) is 0 Å². The van der Waals surface area contributed by atoms with Gasteiger partial charge < -0.3 is 49.5 Å². The first-order chi connectivity index (χ1) is 18.9. The molecule has 1 aromatic heterocycles. The minimum Gasteiger partial charge on any atom is -0.504 e. The van der Waals surface area contributed by atoms with Gasteiger partial charge in [-0.25, -0.2) is 4.79 Å². The van der Waals surface area contributed by atoms with E-state index in [-0.39, 0.29) is 16.7 Å². The number of amides is 1. The number of esters is 1. The number of aliphatic hydroxyl groups is 3. The first-order valence-electron chi connectivity index (χ1n) is 12.3. The van der Waals surface area contributed by atoms with Crippen molar-refractivity contribution in [3.05, 3.63) is 52.7 Å². The molecule has 2 heterocycles. The second-order valence-electron chi connectivity index (χ2n) is 9.55. The van der Waals surface area contributed by atoms with Gasteiger partial charge in [0.2, 0.25) is 12.0 Å². The summed E-state index contributed by atoms with van der Waals surface area (Å²) in [6, 6.07) is 9.70. The van der Waals surface area contributed by atoms with Crippen LogP contribution in [0.15, 0.2) is 51.7 Å². The van der Waals surface area contributed by atoms with Gasteiger partial charge in [-0.1, -0.05) is 44.2 Å². The SMILES string of the molecule is COC(=O)[C@@H](NC(=O)[C@H]1O[C@@H](Oc2cc3oc(-c4ccccc4)cc(=O)c3c(O)c2O)[C@H](O)[C@@H](O)[C@@H]1O)C(C)C. The van der Waals surface area contributed by atoms with Crippen molar-refractivity contribution in [3.63, 3.8) is 0 Å². The molecule has 0 bridgehead atoms. The van der Waals surface area contributed by atoms with E-state index >= 15 is 0 Å². The summed E-state index contributed by atoms with van der Waals surface area (Å²) in [4.78, 5) is 37.7. The Labute approximate surface area is 227 Å². The number of fused-ring (bicyclic) bond motifs is 1. The van der Waals surface area contributed by atoms with Gasteiger partial charge in [-0.15, -0.1) is 0 Å². The molecular weight excluding hydrogens is 530 g/mol. The number of phenolic OH excluding ortho intramolecular Hbond substituents is 2. The Balaban J connectivity index is 1.66. The normalized spacial score (nSPS) is 23.5. The number of rotatable bonds is 7. The minimum atomic E-state index is -1.95. The Bertz CT molecular complexity index is 1450. The highest BCUT2D eigenvalue weighted by Crippen LogP contribution is 2.42. The molecule has 6 N–H and O–H groups in total. The quantitative estimate of drug-likeness (QED) is 0.172. The van der Waals surface area contributed by atoms with E-state index in [0.717, 1.165) is 19.2 Å². The number of carbonyl (C=O) groups excluding carboxylic acids is 2. The number of ether oxygens (including phenoxy) is 3. The van der Waals surface area contributed by atoms with Crippen molar-refractivity contribution < 1.29 is 53.7 Å². The minimum absolute atomic E-state index is 0.156. The van der Waals surface area contributed by atoms with Crippen LogP contribution >= 0.6 is 0 Å². The lowest BCUT2D eigenvalue weighted by atomic mass is 9.97. The summed E-state index contributed by atoms with van der Waals surface area (Å²) in [5.74, 6) is -4.33. The van der Waals surface area contributed by atoms with Crippen LogP contribution in [0.5, 0.6) is 17.2 Å². The maximum absolute atomic E-state index is 12.9. The number of benzene rings is 2. The van der Waals surface area contributed by atoms with Crippen molar-refractivity contribution in [2.75, 3.05) is 7.11 Å². The molecule has 2 aromatic carbocycles. The number of nitrogens with one attached hydrogen (secondary N) is 1. The summed E-state index contributed by atoms with van der Waals surface area (Å²) >= 11 is 0. The fourth-order valence-electron chi connectivity index (χ4n) is 4.25. The van der Waals surface area contributed by atoms with Crippen LogP contribution in [0, 0.1) is 5.92 Å². The number of phenols is 2. The Morgan fingerprint density at radius 3 is 2.27 bits per heavy atom. The standard InChI is InChI=1S/C27H29NO12/c1-11(2)18(26(36)37-3)28-25(35)24-22(33)21(32)23(34)27(40-24)39-16-10-15-17(20(31)19(16)30)13(29)9-14(38-15)12-7-5-4-6-8-12/h4-11,18,21-24,27,30-34H,1-3H3,(H,28,35)/t18-,21-,22-,23+,24-,27+/m0/s1. The number of methoxy groups -OCH3 is 1. The molecule has 0 saturated carbocycles. The maximum Gasteiger partial charge on any atom is 0.328 e. The zero-order chi connectivity index (χ0) is 29.3. The van der Waals surface area contributed by atoms with E-state index in [9.17, 15) is 39.9 Å². The summed E-state index contributed by atoms with van der Waals surface area (Å²) in [6.07, 6.45) is -9.50. The van der Waals surface area contributed by atoms with Crippen molar-refractivity contribution >= 4 is 22.8 Å². The van der Waals surface area contributed by atoms with Crippen LogP contribution in [0.1, 0.15) is 13.8 Å². The molecule has 1 fully saturated rings. The van der Waals surface area contributed by atoms with Crippen LogP contribution < -0.4 is 15.5 Å². The van der Waals surface area contributed by atoms with Crippen molar-refractivity contribution in [1.82, 2.24) is 5.32 Å². The second-order valence-corrected chi connectivity index (χ2v) is 9.55. The molecule has 0 unspecified atom stereocenters. The van der Waals surface area contributed by atoms with E-state index in [1.807, 2.05) is 0 Å². The number of hydrogen-bond acceptors (Lipinski definition) is 12. The number of carbonyl (C=O) groups is 2. The highest BCUT2D eigenvalue weighted by atomic mass is 16.7. The van der Waals surface area contributed by atoms with Gasteiger partial charge in [0.05, 0.1) is 7.11 Å². The summed E-state index contributed by atoms with van der Waals surface area (Å²) in [5, 5.41) is 54.4. The lowest BCUT2D eigenvalue weighted by Gasteiger charge is -2.39. The zero-order valence-corrected chi connectivity index (χ0v) is 21.7. The largest absolute Gasteiger partial charge is 0.504 e. The molecule has 1 saturated heterocycles. The molecule has 3 aromatic rings. The molecule has 1 aliphatic heterocycles. The predicted octanol–water partition coefficient (Wildman–Crippen LogP) is 0.371. The molecule has 13 heteroatoms. The van der Waals surface area contributed by atoms with E-state index < -0.39 is 77.2 Å². The highest BCUT2D eigenvalue weighted by Gasteiger charge is 2.49. The first kappa shape index (κ1) is 28.8. The highest BCUT2D eigenvalue weighted by molar-refractivity contribution is 5.89. The Hall–Kier alpha value is -4.17. The van der Waals surface area contributed by atoms with Crippen molar-refractivity contribution in [2.45, 2.75) is 50.6 Å². The summed E-state index contributed by atoms with van der Waals surface area (Å²) in [6.45, 7) is 3.28. The Kier molecular flexibility index (Phi) is 8.30. The third-order valence-corrected chi connectivity index (χ3v) is 6.48. The van der Waals surface area contributed by atoms with Crippen LogP contribution in [-0.4, -0.2) is 81.3 Å². The van der Waals surface area contributed by atoms with E-state index in [0.29, 0.717) is 5.56 Å². The monoisotopic (exact) mass is 559 g/mol. The van der Waals surface area contributed by atoms with Gasteiger partial charge in [-0.05, 0) is 5.92 Å². The average Bonchev–Trinajstić information content (AvgIpc) is 2.93. The molecule has 214 valence electrons. The van der Waals surface area contributed by atoms with Crippen LogP contribution in [0.4, 0.5) is 0 Å². The lowest BCUT2D eigenvalue weighted by molar-refractivity contribution is -0.267. The fraction of sp³-hybridized carbons (Fsp3) is 0.370. The van der Waals surface area contributed by atoms with Gasteiger partial charge in [0, 0.05) is 17.7 Å². The molecule has 0 aliphatic carbocycles. The smallest absolute Gasteiger partial charge is 0.328 e. The van der Waals surface area contributed by atoms with E-state index in [1.54, 1.807) is 44.2 Å². The molecule has 1 amide bonds. The molecule has 6 atom stereocenters. The molecule has 1 aliphatic rings. The summed E-state index contributed by atoms with van der Waals surface area (Å²) < 4.78 is 21.4. The van der Waals surface area contributed by atoms with Crippen LogP contribution in [0.25, 0.3) is 22.3 Å². The van der Waals surface area contributed by atoms with Crippen LogP contribution in [-0.2, 0) is 19.1 Å². The summed E-state index contributed by atoms with van der Waals surface area (Å²) in [7, 11) is 1.14.